The molecule has 5 nitrogen and oxygen atoms in total. The molecule has 0 aromatic heterocycles. The van der Waals surface area contributed by atoms with E-state index in [1.165, 1.54) is 0 Å². The van der Waals surface area contributed by atoms with Crippen molar-refractivity contribution in [1.82, 2.24) is 0 Å². The summed E-state index contributed by atoms with van der Waals surface area (Å²) < 4.78 is 3.80. The molecule has 6 heteroatoms. The molecule has 7 N–H and O–H groups in total. The van der Waals surface area contributed by atoms with E-state index in [0.717, 1.165) is 0 Å². The first kappa shape index (κ1) is 9.09. The normalized spacial score (nSPS) is 12.1. The fourth-order valence-electron chi connectivity index (χ4n) is 0.437. The molecule has 0 saturated carbocycles. The van der Waals surface area contributed by atoms with E-state index >= 15 is 0 Å². The second-order valence-electron chi connectivity index (χ2n) is 1.79. The molecule has 0 radical (unpaired) electrons. The molecular weight excluding hydrogens is 150 g/mol. The third-order valence-corrected chi connectivity index (χ3v) is 1.88. The summed E-state index contributed by atoms with van der Waals surface area (Å²) in [6.45, 7) is 0. The first-order valence-corrected chi connectivity index (χ1v) is 4.33. The Kier molecular flexibility index (Phi) is 3.63. The lowest BCUT2D eigenvalue weighted by molar-refractivity contribution is 1.42. The van der Waals surface area contributed by atoms with Gasteiger partial charge in [0.2, 0.25) is 5.96 Å². The Morgan fingerprint density at radius 2 is 2.00 bits per heavy atom. The fraction of sp³-hybridized carbons (Fsp3) is 0.500. The van der Waals surface area contributed by atoms with Crippen LogP contribution in [-0.4, -0.2) is 23.8 Å². The number of amidine groups is 1. The predicted octanol–water partition coefficient (Wildman–Crippen LogP) is -1.64. The smallest absolute Gasteiger partial charge is 0.240 e. The largest absolute Gasteiger partial charge is 0.384 e. The maximum atomic E-state index is 6.90. The van der Waals surface area contributed by atoms with Crippen LogP contribution in [0.5, 0.6) is 0 Å². The summed E-state index contributed by atoms with van der Waals surface area (Å²) in [6.07, 6.45) is 1.82. The molecule has 0 aromatic carbocycles. The number of rotatable bonds is 3. The van der Waals surface area contributed by atoms with Crippen molar-refractivity contribution in [3.63, 3.8) is 0 Å². The van der Waals surface area contributed by atoms with E-state index in [9.17, 15) is 0 Å². The predicted molar refractivity (Wildman–Crippen MR) is 45.9 cm³/mol. The first-order valence-electron chi connectivity index (χ1n) is 2.57. The summed E-state index contributed by atoms with van der Waals surface area (Å²) in [7, 11) is 0. The molecule has 1 unspecified atom stereocenters. The fourth-order valence-corrected chi connectivity index (χ4v) is 1.31. The maximum Gasteiger partial charge on any atom is 0.240 e. The lowest BCUT2D eigenvalue weighted by Crippen LogP contribution is -2.27. The molecule has 0 amide bonds. The summed E-state index contributed by atoms with van der Waals surface area (Å²) in [6, 6.07) is 0. The third-order valence-electron chi connectivity index (χ3n) is 0.626. The van der Waals surface area contributed by atoms with Gasteiger partial charge in [-0.05, 0) is 4.40 Å². The van der Waals surface area contributed by atoms with E-state index in [1.807, 2.05) is 6.26 Å². The Morgan fingerprint density at radius 1 is 1.50 bits per heavy atom. The van der Waals surface area contributed by atoms with Crippen molar-refractivity contribution in [3.05, 3.63) is 0 Å². The van der Waals surface area contributed by atoms with Crippen LogP contribution in [0.15, 0.2) is 4.40 Å². The van der Waals surface area contributed by atoms with E-state index in [1.54, 1.807) is 0 Å². The zero-order chi connectivity index (χ0) is 8.15. The van der Waals surface area contributed by atoms with Crippen LogP contribution >= 0.6 is 0 Å². The zero-order valence-electron chi connectivity index (χ0n) is 5.79. The molecule has 0 aliphatic rings. The van der Waals surface area contributed by atoms with Crippen molar-refractivity contribution in [1.29, 1.82) is 5.41 Å². The molecule has 0 saturated heterocycles. The molecule has 0 heterocycles. The molecule has 1 atom stereocenters. The Balaban J connectivity index is 3.75. The highest BCUT2D eigenvalue weighted by atomic mass is 32.2. The molecule has 0 bridgehead atoms. The highest BCUT2D eigenvalue weighted by molar-refractivity contribution is 7.95. The second kappa shape index (κ2) is 3.99. The molecule has 10 heavy (non-hydrogen) atoms. The van der Waals surface area contributed by atoms with Crippen LogP contribution in [0.3, 0.4) is 0 Å². The minimum absolute atomic E-state index is 0.0482. The molecule has 0 aromatic rings. The van der Waals surface area contributed by atoms with Gasteiger partial charge < -0.3 is 17.2 Å². The molecular formula is C4H12N5S+. The van der Waals surface area contributed by atoms with E-state index in [0.29, 0.717) is 5.75 Å². The SMILES string of the molecule is C[S+](CC(=N)N)N=C(N)N. The number of hydrogen-bond acceptors (Lipinski definition) is 2. The van der Waals surface area contributed by atoms with Gasteiger partial charge in [0.15, 0.2) is 5.75 Å². The number of nitrogens with zero attached hydrogens (tertiary/aromatic N) is 1. The van der Waals surface area contributed by atoms with E-state index in [4.69, 9.17) is 22.6 Å². The molecule has 0 fully saturated rings. The van der Waals surface area contributed by atoms with E-state index in [2.05, 4.69) is 4.40 Å². The zero-order valence-corrected chi connectivity index (χ0v) is 6.61. The first-order chi connectivity index (χ1) is 4.52. The Bertz CT molecular complexity index is 150. The van der Waals surface area contributed by atoms with Gasteiger partial charge in [-0.2, -0.15) is 0 Å². The molecule has 0 spiro atoms. The minimum atomic E-state index is -0.342. The average Bonchev–Trinajstić information content (AvgIpc) is 1.58. The Hall–Kier alpha value is -0.910. The van der Waals surface area contributed by atoms with Crippen LogP contribution in [-0.2, 0) is 11.1 Å². The van der Waals surface area contributed by atoms with Gasteiger partial charge in [-0.15, -0.1) is 0 Å². The van der Waals surface area contributed by atoms with Crippen LogP contribution in [0.25, 0.3) is 0 Å². The summed E-state index contributed by atoms with van der Waals surface area (Å²) in [5.41, 5.74) is 15.3. The molecule has 0 aliphatic carbocycles. The highest BCUT2D eigenvalue weighted by Gasteiger charge is 2.11. The van der Waals surface area contributed by atoms with Crippen molar-refractivity contribution < 1.29 is 0 Å². The summed E-state index contributed by atoms with van der Waals surface area (Å²) in [4.78, 5) is 0. The van der Waals surface area contributed by atoms with Crippen LogP contribution in [0, 0.1) is 5.41 Å². The van der Waals surface area contributed by atoms with Crippen LogP contribution in [0.1, 0.15) is 0 Å². The van der Waals surface area contributed by atoms with Gasteiger partial charge >= 0.3 is 0 Å². The van der Waals surface area contributed by atoms with Crippen molar-refractivity contribution in [2.24, 2.45) is 21.6 Å². The number of hydrogen-bond donors (Lipinski definition) is 4. The topological polar surface area (TPSA) is 114 Å². The van der Waals surface area contributed by atoms with Gasteiger partial charge in [0.25, 0.3) is 0 Å². The lowest BCUT2D eigenvalue weighted by Gasteiger charge is -1.92. The van der Waals surface area contributed by atoms with Gasteiger partial charge in [-0.1, -0.05) is 0 Å². The quantitative estimate of drug-likeness (QED) is 0.226. The van der Waals surface area contributed by atoms with Crippen LogP contribution < -0.4 is 17.2 Å². The third kappa shape index (κ3) is 5.23. The van der Waals surface area contributed by atoms with Gasteiger partial charge in [-0.25, -0.2) is 0 Å². The van der Waals surface area contributed by atoms with Crippen molar-refractivity contribution >= 4 is 22.9 Å². The number of nitrogens with two attached hydrogens (primary N) is 3. The number of guanidine groups is 1. The second-order valence-corrected chi connectivity index (χ2v) is 3.46. The maximum absolute atomic E-state index is 6.90. The molecule has 0 rings (SSSR count). The molecule has 0 aliphatic heterocycles. The summed E-state index contributed by atoms with van der Waals surface area (Å²) in [5.74, 6) is 0.584. The van der Waals surface area contributed by atoms with Crippen LogP contribution in [0.2, 0.25) is 0 Å². The highest BCUT2D eigenvalue weighted by Crippen LogP contribution is 1.90. The monoisotopic (exact) mass is 162 g/mol. The lowest BCUT2D eigenvalue weighted by atomic mass is 10.7. The summed E-state index contributed by atoms with van der Waals surface area (Å²) in [5, 5.41) is 6.90. The molecule has 58 valence electrons. The van der Waals surface area contributed by atoms with Gasteiger partial charge in [0.05, 0.1) is 0 Å². The standard InChI is InChI=1S/C4H12N5S/c1-10(2-3(5)6)9-4(7)8/h2H2,1H3,(H3,5,6)(H4,7,8,9)/q+1. The average molecular weight is 162 g/mol. The van der Waals surface area contributed by atoms with E-state index < -0.39 is 0 Å². The van der Waals surface area contributed by atoms with Crippen molar-refractivity contribution in [2.45, 2.75) is 0 Å². The Morgan fingerprint density at radius 3 is 2.30 bits per heavy atom. The van der Waals surface area contributed by atoms with Gasteiger partial charge in [0, 0.05) is 0 Å². The van der Waals surface area contributed by atoms with Crippen molar-refractivity contribution in [2.75, 3.05) is 12.0 Å². The van der Waals surface area contributed by atoms with Gasteiger partial charge in [-0.3, -0.25) is 5.41 Å². The van der Waals surface area contributed by atoms with Gasteiger partial charge in [0.1, 0.15) is 23.2 Å². The van der Waals surface area contributed by atoms with Crippen LogP contribution in [0.4, 0.5) is 0 Å². The number of nitrogens with one attached hydrogen (secondary N) is 1. The minimum Gasteiger partial charge on any atom is -0.384 e. The summed E-state index contributed by atoms with van der Waals surface area (Å²) >= 11 is -0.342. The Labute approximate surface area is 62.7 Å². The van der Waals surface area contributed by atoms with E-state index in [-0.39, 0.29) is 22.9 Å². The van der Waals surface area contributed by atoms with Crippen molar-refractivity contribution in [3.8, 4) is 0 Å².